The molecule has 2 aromatic carbocycles. The Hall–Kier alpha value is -2.09. The van der Waals surface area contributed by atoms with Gasteiger partial charge in [-0.15, -0.1) is 24.0 Å². The Morgan fingerprint density at radius 2 is 1.90 bits per heavy atom. The van der Waals surface area contributed by atoms with Crippen molar-refractivity contribution in [2.45, 2.75) is 45.7 Å². The van der Waals surface area contributed by atoms with E-state index in [0.29, 0.717) is 25.4 Å². The number of nitrogens with one attached hydrogen (secondary N) is 2. The maximum atomic E-state index is 11.9. The van der Waals surface area contributed by atoms with Gasteiger partial charge in [0.1, 0.15) is 0 Å². The molecule has 0 saturated carbocycles. The molecule has 162 valence electrons. The van der Waals surface area contributed by atoms with Gasteiger partial charge in [-0.1, -0.05) is 61.0 Å². The van der Waals surface area contributed by atoms with Crippen molar-refractivity contribution in [1.29, 1.82) is 0 Å². The zero-order chi connectivity index (χ0) is 20.6. The maximum Gasteiger partial charge on any atom is 0.222 e. The summed E-state index contributed by atoms with van der Waals surface area (Å²) in [6.07, 6.45) is 1.66. The van der Waals surface area contributed by atoms with Gasteiger partial charge in [-0.05, 0) is 36.0 Å². The average molecular weight is 520 g/mol. The van der Waals surface area contributed by atoms with E-state index in [9.17, 15) is 4.79 Å². The number of hydrogen-bond donors (Lipinski definition) is 2. The zero-order valence-electron chi connectivity index (χ0n) is 18.1. The van der Waals surface area contributed by atoms with E-state index in [-0.39, 0.29) is 29.9 Å². The first-order chi connectivity index (χ1) is 14.0. The first-order valence-corrected chi connectivity index (χ1v) is 10.4. The lowest BCUT2D eigenvalue weighted by Gasteiger charge is -2.18. The van der Waals surface area contributed by atoms with Crippen molar-refractivity contribution < 1.29 is 4.79 Å². The van der Waals surface area contributed by atoms with E-state index in [0.717, 1.165) is 25.5 Å². The van der Waals surface area contributed by atoms with E-state index in [1.54, 1.807) is 7.05 Å². The first kappa shape index (κ1) is 24.2. The third kappa shape index (κ3) is 7.00. The summed E-state index contributed by atoms with van der Waals surface area (Å²) in [5.41, 5.74) is 4.98. The highest BCUT2D eigenvalue weighted by Gasteiger charge is 2.19. The van der Waals surface area contributed by atoms with Crippen LogP contribution in [-0.4, -0.2) is 36.9 Å². The van der Waals surface area contributed by atoms with Crippen molar-refractivity contribution in [2.24, 2.45) is 4.99 Å². The molecule has 6 heteroatoms. The summed E-state index contributed by atoms with van der Waals surface area (Å²) < 4.78 is 0. The van der Waals surface area contributed by atoms with E-state index in [1.165, 1.54) is 22.3 Å². The molecule has 1 amide bonds. The minimum absolute atomic E-state index is 0. The van der Waals surface area contributed by atoms with E-state index < -0.39 is 0 Å². The van der Waals surface area contributed by atoms with E-state index in [4.69, 9.17) is 0 Å². The summed E-state index contributed by atoms with van der Waals surface area (Å²) in [5.74, 6) is 1.46. The van der Waals surface area contributed by atoms with Crippen molar-refractivity contribution in [2.75, 3.05) is 20.1 Å². The topological polar surface area (TPSA) is 56.7 Å². The molecule has 1 unspecified atom stereocenters. The molecule has 1 aliphatic rings. The number of amides is 1. The van der Waals surface area contributed by atoms with E-state index in [2.05, 4.69) is 78.0 Å². The van der Waals surface area contributed by atoms with Crippen LogP contribution in [0.25, 0.3) is 0 Å². The predicted molar refractivity (Wildman–Crippen MR) is 134 cm³/mol. The third-order valence-corrected chi connectivity index (χ3v) is 5.41. The molecule has 1 atom stereocenters. The van der Waals surface area contributed by atoms with Gasteiger partial charge in [0.15, 0.2) is 5.96 Å². The molecule has 0 radical (unpaired) electrons. The summed E-state index contributed by atoms with van der Waals surface area (Å²) in [7, 11) is 1.79. The fraction of sp³-hybridized carbons (Fsp3) is 0.417. The van der Waals surface area contributed by atoms with Crippen molar-refractivity contribution >= 4 is 35.8 Å². The minimum atomic E-state index is 0. The lowest BCUT2D eigenvalue weighted by Crippen LogP contribution is -2.38. The molecule has 1 aliphatic heterocycles. The van der Waals surface area contributed by atoms with Gasteiger partial charge in [-0.25, -0.2) is 0 Å². The van der Waals surface area contributed by atoms with Crippen LogP contribution in [0.4, 0.5) is 0 Å². The molecule has 0 bridgehead atoms. The number of guanidine groups is 1. The average Bonchev–Trinajstić information content (AvgIpc) is 3.12. The largest absolute Gasteiger partial charge is 0.356 e. The van der Waals surface area contributed by atoms with Gasteiger partial charge in [0.2, 0.25) is 5.91 Å². The Morgan fingerprint density at radius 3 is 2.60 bits per heavy atom. The van der Waals surface area contributed by atoms with Crippen LogP contribution in [0.5, 0.6) is 0 Å². The zero-order valence-corrected chi connectivity index (χ0v) is 20.5. The number of rotatable bonds is 7. The number of nitrogens with zero attached hydrogens (tertiary/aromatic N) is 2. The number of hydrogen-bond acceptors (Lipinski definition) is 2. The Balaban J connectivity index is 0.00000320. The van der Waals surface area contributed by atoms with Crippen LogP contribution in [0.2, 0.25) is 0 Å². The quantitative estimate of drug-likeness (QED) is 0.327. The Bertz CT molecular complexity index is 868. The summed E-state index contributed by atoms with van der Waals surface area (Å²) in [5, 5.41) is 6.81. The molecule has 1 saturated heterocycles. The van der Waals surface area contributed by atoms with Gasteiger partial charge in [0.25, 0.3) is 0 Å². The van der Waals surface area contributed by atoms with Gasteiger partial charge in [0.05, 0.1) is 0 Å². The van der Waals surface area contributed by atoms with Gasteiger partial charge in [-0.3, -0.25) is 9.79 Å². The van der Waals surface area contributed by atoms with Crippen LogP contribution in [0, 0.1) is 6.92 Å². The van der Waals surface area contributed by atoms with Crippen LogP contribution >= 0.6 is 24.0 Å². The molecule has 3 rings (SSSR count). The van der Waals surface area contributed by atoms with Crippen molar-refractivity contribution in [3.05, 3.63) is 70.8 Å². The lowest BCUT2D eigenvalue weighted by atomic mass is 9.99. The fourth-order valence-corrected chi connectivity index (χ4v) is 3.68. The van der Waals surface area contributed by atoms with Gasteiger partial charge < -0.3 is 15.5 Å². The van der Waals surface area contributed by atoms with Gasteiger partial charge in [0, 0.05) is 39.6 Å². The molecular weight excluding hydrogens is 487 g/mol. The van der Waals surface area contributed by atoms with Crippen molar-refractivity contribution in [1.82, 2.24) is 15.5 Å². The molecule has 2 aromatic rings. The lowest BCUT2D eigenvalue weighted by molar-refractivity contribution is -0.128. The predicted octanol–water partition coefficient (Wildman–Crippen LogP) is 4.20. The minimum Gasteiger partial charge on any atom is -0.356 e. The normalized spacial score (nSPS) is 15.0. The Labute approximate surface area is 197 Å². The van der Waals surface area contributed by atoms with Gasteiger partial charge in [-0.2, -0.15) is 0 Å². The number of benzene rings is 2. The van der Waals surface area contributed by atoms with Crippen LogP contribution in [-0.2, 0) is 17.9 Å². The molecule has 30 heavy (non-hydrogen) atoms. The number of halogens is 1. The standard InChI is InChI=1S/C24H32N4O.HI/c1-18-7-4-10-22(13-18)19(2)15-26-24(25-3)27-16-20-8-5-9-21(14-20)17-28-12-6-11-23(28)29;/h4-5,7-10,13-14,19H,6,11-12,15-17H2,1-3H3,(H2,25,26,27);1H. The second kappa shape index (κ2) is 11.9. The van der Waals surface area contributed by atoms with Crippen LogP contribution in [0.1, 0.15) is 47.9 Å². The van der Waals surface area contributed by atoms with E-state index >= 15 is 0 Å². The van der Waals surface area contributed by atoms with Crippen LogP contribution in [0.15, 0.2) is 53.5 Å². The highest BCUT2D eigenvalue weighted by molar-refractivity contribution is 14.0. The Kier molecular flexibility index (Phi) is 9.62. The molecule has 1 fully saturated rings. The first-order valence-electron chi connectivity index (χ1n) is 10.4. The highest BCUT2D eigenvalue weighted by Crippen LogP contribution is 2.16. The number of aryl methyl sites for hydroxylation is 1. The second-order valence-electron chi connectivity index (χ2n) is 7.86. The second-order valence-corrected chi connectivity index (χ2v) is 7.86. The number of carbonyl (C=O) groups excluding carboxylic acids is 1. The summed E-state index contributed by atoms with van der Waals surface area (Å²) in [6, 6.07) is 17.1. The SMILES string of the molecule is CN=C(NCc1cccc(CN2CCCC2=O)c1)NCC(C)c1cccc(C)c1.I. The molecule has 5 nitrogen and oxygen atoms in total. The van der Waals surface area contributed by atoms with Crippen molar-refractivity contribution in [3.8, 4) is 0 Å². The van der Waals surface area contributed by atoms with Gasteiger partial charge >= 0.3 is 0 Å². The monoisotopic (exact) mass is 520 g/mol. The molecular formula is C24H33IN4O. The number of carbonyl (C=O) groups is 1. The number of likely N-dealkylation sites (tertiary alicyclic amines) is 1. The maximum absolute atomic E-state index is 11.9. The molecule has 0 aliphatic carbocycles. The number of aliphatic imine (C=N–C) groups is 1. The third-order valence-electron chi connectivity index (χ3n) is 5.41. The fourth-order valence-electron chi connectivity index (χ4n) is 3.68. The van der Waals surface area contributed by atoms with Crippen LogP contribution in [0.3, 0.4) is 0 Å². The molecule has 0 aromatic heterocycles. The van der Waals surface area contributed by atoms with E-state index in [1.807, 2.05) is 4.90 Å². The van der Waals surface area contributed by atoms with Crippen molar-refractivity contribution in [3.63, 3.8) is 0 Å². The molecule has 2 N–H and O–H groups in total. The summed E-state index contributed by atoms with van der Waals surface area (Å²) in [6.45, 7) is 7.43. The van der Waals surface area contributed by atoms with Crippen LogP contribution < -0.4 is 10.6 Å². The molecule has 1 heterocycles. The molecule has 0 spiro atoms. The summed E-state index contributed by atoms with van der Waals surface area (Å²) >= 11 is 0. The summed E-state index contributed by atoms with van der Waals surface area (Å²) in [4.78, 5) is 18.1. The Morgan fingerprint density at radius 1 is 1.13 bits per heavy atom. The highest BCUT2D eigenvalue weighted by atomic mass is 127. The smallest absolute Gasteiger partial charge is 0.222 e.